The molecule has 0 aromatic carbocycles. The summed E-state index contributed by atoms with van der Waals surface area (Å²) in [6.07, 6.45) is 9.53. The first-order valence-electron chi connectivity index (χ1n) is 9.33. The van der Waals surface area contributed by atoms with E-state index in [0.717, 1.165) is 42.3 Å². The van der Waals surface area contributed by atoms with Crippen molar-refractivity contribution in [3.05, 3.63) is 46.7 Å². The van der Waals surface area contributed by atoms with Gasteiger partial charge in [0.15, 0.2) is 11.4 Å². The molecule has 0 radical (unpaired) electrons. The Morgan fingerprint density at radius 1 is 1.08 bits per heavy atom. The summed E-state index contributed by atoms with van der Waals surface area (Å²) in [6.45, 7) is 0. The normalized spacial score (nSPS) is 23.2. The first-order chi connectivity index (χ1) is 12.8. The maximum Gasteiger partial charge on any atom is 0.267 e. The number of furan rings is 1. The number of hydrogen-bond acceptors (Lipinski definition) is 6. The third kappa shape index (κ3) is 2.87. The van der Waals surface area contributed by atoms with Crippen LogP contribution in [0.4, 0.5) is 5.82 Å². The molecule has 26 heavy (non-hydrogen) atoms. The summed E-state index contributed by atoms with van der Waals surface area (Å²) in [5, 5.41) is 17.3. The highest BCUT2D eigenvalue weighted by Gasteiger charge is 2.28. The number of nitrogens with one attached hydrogen (secondary N) is 1. The summed E-state index contributed by atoms with van der Waals surface area (Å²) in [4.78, 5) is 12.3. The average molecular weight is 351 g/mol. The fourth-order valence-corrected chi connectivity index (χ4v) is 3.86. The third-order valence-corrected chi connectivity index (χ3v) is 5.49. The van der Waals surface area contributed by atoms with Gasteiger partial charge in [0.1, 0.15) is 0 Å². The molecule has 0 aliphatic heterocycles. The Balaban J connectivity index is 1.28. The predicted molar refractivity (Wildman–Crippen MR) is 97.2 cm³/mol. The average Bonchev–Trinajstić information content (AvgIpc) is 3.40. The van der Waals surface area contributed by atoms with E-state index in [1.807, 2.05) is 12.1 Å². The van der Waals surface area contributed by atoms with Gasteiger partial charge in [0, 0.05) is 23.4 Å². The van der Waals surface area contributed by atoms with E-state index < -0.39 is 0 Å². The van der Waals surface area contributed by atoms with Gasteiger partial charge in [0.25, 0.3) is 5.56 Å². The zero-order valence-corrected chi connectivity index (χ0v) is 14.5. The molecule has 2 aliphatic carbocycles. The van der Waals surface area contributed by atoms with E-state index in [9.17, 15) is 4.79 Å². The monoisotopic (exact) mass is 351 g/mol. The standard InChI is InChI=1S/C19H21N5O2/c25-17-8-7-16(12-1-2-12)23-24(17)15-5-3-14(4-6-15)21-19-18-13(9-10-26-18)11-20-22-19/h7-12,14-15H,1-6H2,(H,21,22). The lowest BCUT2D eigenvalue weighted by molar-refractivity contribution is 0.301. The Morgan fingerprint density at radius 2 is 1.92 bits per heavy atom. The van der Waals surface area contributed by atoms with Crippen molar-refractivity contribution in [2.45, 2.75) is 56.5 Å². The summed E-state index contributed by atoms with van der Waals surface area (Å²) in [5.74, 6) is 1.26. The molecule has 7 nitrogen and oxygen atoms in total. The van der Waals surface area contributed by atoms with Crippen molar-refractivity contribution >= 4 is 16.8 Å². The van der Waals surface area contributed by atoms with E-state index >= 15 is 0 Å². The first-order valence-corrected chi connectivity index (χ1v) is 9.33. The second-order valence-corrected chi connectivity index (χ2v) is 7.36. The van der Waals surface area contributed by atoms with Crippen LogP contribution >= 0.6 is 0 Å². The number of nitrogens with zero attached hydrogens (tertiary/aromatic N) is 4. The highest BCUT2D eigenvalue weighted by atomic mass is 16.3. The van der Waals surface area contributed by atoms with Gasteiger partial charge in [0.05, 0.1) is 24.2 Å². The Bertz CT molecular complexity index is 983. The molecule has 5 rings (SSSR count). The van der Waals surface area contributed by atoms with Crippen molar-refractivity contribution in [2.24, 2.45) is 0 Å². The van der Waals surface area contributed by atoms with Crippen LogP contribution in [0.25, 0.3) is 11.0 Å². The number of fused-ring (bicyclic) bond motifs is 1. The van der Waals surface area contributed by atoms with E-state index in [1.54, 1.807) is 23.2 Å². The third-order valence-electron chi connectivity index (χ3n) is 5.49. The lowest BCUT2D eigenvalue weighted by atomic mass is 9.91. The summed E-state index contributed by atoms with van der Waals surface area (Å²) in [6, 6.07) is 5.95. The van der Waals surface area contributed by atoms with Crippen molar-refractivity contribution in [1.29, 1.82) is 0 Å². The highest BCUT2D eigenvalue weighted by molar-refractivity contribution is 5.85. The summed E-state index contributed by atoms with van der Waals surface area (Å²) < 4.78 is 7.24. The van der Waals surface area contributed by atoms with Gasteiger partial charge in [-0.15, -0.1) is 5.10 Å². The van der Waals surface area contributed by atoms with E-state index in [0.29, 0.717) is 17.8 Å². The quantitative estimate of drug-likeness (QED) is 0.776. The van der Waals surface area contributed by atoms with Crippen LogP contribution in [-0.2, 0) is 0 Å². The molecular weight excluding hydrogens is 330 g/mol. The molecule has 3 aromatic heterocycles. The van der Waals surface area contributed by atoms with Crippen molar-refractivity contribution in [1.82, 2.24) is 20.0 Å². The predicted octanol–water partition coefficient (Wildman–Crippen LogP) is 3.25. The van der Waals surface area contributed by atoms with Crippen LogP contribution in [0.2, 0.25) is 0 Å². The Kier molecular flexibility index (Phi) is 3.72. The number of hydrogen-bond donors (Lipinski definition) is 1. The molecule has 0 saturated heterocycles. The maximum absolute atomic E-state index is 12.3. The summed E-state index contributed by atoms with van der Waals surface area (Å²) >= 11 is 0. The maximum atomic E-state index is 12.3. The van der Waals surface area contributed by atoms with Gasteiger partial charge < -0.3 is 9.73 Å². The molecule has 0 unspecified atom stereocenters. The molecule has 3 aromatic rings. The molecule has 3 heterocycles. The van der Waals surface area contributed by atoms with Crippen molar-refractivity contribution < 1.29 is 4.42 Å². The van der Waals surface area contributed by atoms with Gasteiger partial charge in [-0.25, -0.2) is 4.68 Å². The first kappa shape index (κ1) is 15.5. The lowest BCUT2D eigenvalue weighted by Crippen LogP contribution is -2.33. The molecule has 134 valence electrons. The molecule has 0 bridgehead atoms. The number of anilines is 1. The zero-order valence-electron chi connectivity index (χ0n) is 14.5. The second-order valence-electron chi connectivity index (χ2n) is 7.36. The molecular formula is C19H21N5O2. The molecule has 2 fully saturated rings. The van der Waals surface area contributed by atoms with Crippen molar-refractivity contribution in [3.63, 3.8) is 0 Å². The molecule has 0 amide bonds. The van der Waals surface area contributed by atoms with Crippen LogP contribution in [0.1, 0.15) is 56.2 Å². The van der Waals surface area contributed by atoms with Crippen LogP contribution < -0.4 is 10.9 Å². The van der Waals surface area contributed by atoms with Gasteiger partial charge in [-0.3, -0.25) is 4.79 Å². The SMILES string of the molecule is O=c1ccc(C2CC2)nn1C1CCC(Nc2nncc3ccoc23)CC1. The zero-order chi connectivity index (χ0) is 17.5. The largest absolute Gasteiger partial charge is 0.460 e. The van der Waals surface area contributed by atoms with Gasteiger partial charge in [-0.2, -0.15) is 10.2 Å². The van der Waals surface area contributed by atoms with Gasteiger partial charge in [-0.1, -0.05) is 0 Å². The van der Waals surface area contributed by atoms with Crippen LogP contribution in [0.5, 0.6) is 0 Å². The molecule has 7 heteroatoms. The van der Waals surface area contributed by atoms with Gasteiger partial charge in [0.2, 0.25) is 0 Å². The molecule has 2 aliphatic rings. The smallest absolute Gasteiger partial charge is 0.267 e. The fraction of sp³-hybridized carbons (Fsp3) is 0.474. The topological polar surface area (TPSA) is 85.8 Å². The Morgan fingerprint density at radius 3 is 2.73 bits per heavy atom. The lowest BCUT2D eigenvalue weighted by Gasteiger charge is -2.29. The van der Waals surface area contributed by atoms with E-state index in [2.05, 4.69) is 20.6 Å². The molecule has 1 N–H and O–H groups in total. The highest BCUT2D eigenvalue weighted by Crippen LogP contribution is 2.39. The molecule has 0 spiro atoms. The van der Waals surface area contributed by atoms with E-state index in [-0.39, 0.29) is 11.6 Å². The minimum absolute atomic E-state index is 0.0111. The van der Waals surface area contributed by atoms with E-state index in [4.69, 9.17) is 4.42 Å². The molecule has 2 saturated carbocycles. The second kappa shape index (κ2) is 6.23. The van der Waals surface area contributed by atoms with Crippen LogP contribution in [-0.4, -0.2) is 26.0 Å². The minimum Gasteiger partial charge on any atom is -0.460 e. The minimum atomic E-state index is 0.0111. The summed E-state index contributed by atoms with van der Waals surface area (Å²) in [5.41, 5.74) is 1.83. The Labute approximate surface area is 150 Å². The van der Waals surface area contributed by atoms with E-state index in [1.165, 1.54) is 12.8 Å². The van der Waals surface area contributed by atoms with Crippen LogP contribution in [0, 0.1) is 0 Å². The number of aromatic nitrogens is 4. The van der Waals surface area contributed by atoms with Crippen LogP contribution in [0.15, 0.2) is 39.9 Å². The van der Waals surface area contributed by atoms with Crippen molar-refractivity contribution in [2.75, 3.05) is 5.32 Å². The van der Waals surface area contributed by atoms with Gasteiger partial charge in [-0.05, 0) is 50.7 Å². The van der Waals surface area contributed by atoms with Gasteiger partial charge >= 0.3 is 0 Å². The number of rotatable bonds is 4. The summed E-state index contributed by atoms with van der Waals surface area (Å²) in [7, 11) is 0. The van der Waals surface area contributed by atoms with Crippen molar-refractivity contribution in [3.8, 4) is 0 Å². The fourth-order valence-electron chi connectivity index (χ4n) is 3.86. The van der Waals surface area contributed by atoms with Crippen LogP contribution in [0.3, 0.4) is 0 Å². The Hall–Kier alpha value is -2.70. The molecule has 0 atom stereocenters.